The average molecular weight is 251 g/mol. The Kier molecular flexibility index (Phi) is 5.32. The number of Topliss-reactive ketones (excluding diaryl/α,β-unsaturated/α-hetero) is 1. The lowest BCUT2D eigenvalue weighted by Gasteiger charge is -2.11. The molecule has 0 atom stereocenters. The van der Waals surface area contributed by atoms with Crippen molar-refractivity contribution in [1.82, 2.24) is 5.32 Å². The highest BCUT2D eigenvalue weighted by molar-refractivity contribution is 5.94. The predicted molar refractivity (Wildman–Crippen MR) is 67.0 cm³/mol. The fourth-order valence-electron chi connectivity index (χ4n) is 1.54. The van der Waals surface area contributed by atoms with E-state index in [0.29, 0.717) is 24.5 Å². The summed E-state index contributed by atoms with van der Waals surface area (Å²) in [4.78, 5) is 21.7. The summed E-state index contributed by atoms with van der Waals surface area (Å²) < 4.78 is 5.43. The number of nitrogens with one attached hydrogen (secondary N) is 1. The zero-order chi connectivity index (χ0) is 13.5. The molecule has 2 N–H and O–H groups in total. The first-order valence-electron chi connectivity index (χ1n) is 5.73. The van der Waals surface area contributed by atoms with Gasteiger partial charge in [-0.1, -0.05) is 0 Å². The lowest BCUT2D eigenvalue weighted by Crippen LogP contribution is -2.22. The van der Waals surface area contributed by atoms with Crippen molar-refractivity contribution in [1.29, 1.82) is 0 Å². The van der Waals surface area contributed by atoms with E-state index in [-0.39, 0.29) is 12.3 Å². The molecule has 0 spiro atoms. The van der Waals surface area contributed by atoms with Crippen molar-refractivity contribution in [3.63, 3.8) is 0 Å². The molecule has 0 unspecified atom stereocenters. The minimum atomic E-state index is -0.921. The third kappa shape index (κ3) is 4.18. The predicted octanol–water partition coefficient (Wildman–Crippen LogP) is 1.46. The molecule has 98 valence electrons. The van der Waals surface area contributed by atoms with Gasteiger partial charge in [-0.3, -0.25) is 9.59 Å². The lowest BCUT2D eigenvalue weighted by molar-refractivity contribution is -0.136. The van der Waals surface area contributed by atoms with Crippen LogP contribution in [0, 0.1) is 0 Å². The number of aliphatic carboxylic acids is 1. The van der Waals surface area contributed by atoms with Crippen LogP contribution in [-0.4, -0.2) is 30.0 Å². The quantitative estimate of drug-likeness (QED) is 0.717. The van der Waals surface area contributed by atoms with Gasteiger partial charge in [-0.2, -0.15) is 0 Å². The van der Waals surface area contributed by atoms with Gasteiger partial charge in [0.25, 0.3) is 0 Å². The van der Waals surface area contributed by atoms with Crippen molar-refractivity contribution in [2.24, 2.45) is 0 Å². The summed E-state index contributed by atoms with van der Waals surface area (Å²) in [5, 5.41) is 11.3. The summed E-state index contributed by atoms with van der Waals surface area (Å²) in [5.74, 6) is -0.284. The zero-order valence-corrected chi connectivity index (χ0v) is 10.5. The van der Waals surface area contributed by atoms with Gasteiger partial charge in [-0.05, 0) is 32.0 Å². The average Bonchev–Trinajstić information content (AvgIpc) is 2.30. The molecule has 0 saturated carbocycles. The number of ether oxygens (including phenoxy) is 1. The van der Waals surface area contributed by atoms with Crippen LogP contribution < -0.4 is 10.1 Å². The Bertz CT molecular complexity index is 443. The van der Waals surface area contributed by atoms with E-state index in [1.165, 1.54) is 6.92 Å². The van der Waals surface area contributed by atoms with Crippen LogP contribution in [0.15, 0.2) is 18.2 Å². The van der Waals surface area contributed by atoms with E-state index in [9.17, 15) is 9.59 Å². The molecule has 5 nitrogen and oxygen atoms in total. The van der Waals surface area contributed by atoms with Crippen LogP contribution in [0.5, 0.6) is 5.75 Å². The van der Waals surface area contributed by atoms with Crippen LogP contribution in [0.3, 0.4) is 0 Å². The number of rotatable bonds is 7. The fraction of sp³-hybridized carbons (Fsp3) is 0.385. The van der Waals surface area contributed by atoms with Crippen LogP contribution in [-0.2, 0) is 11.3 Å². The Morgan fingerprint density at radius 1 is 1.39 bits per heavy atom. The smallest absolute Gasteiger partial charge is 0.317 e. The topological polar surface area (TPSA) is 75.6 Å². The van der Waals surface area contributed by atoms with Crippen LogP contribution in [0.4, 0.5) is 0 Å². The van der Waals surface area contributed by atoms with Gasteiger partial charge in [-0.15, -0.1) is 0 Å². The van der Waals surface area contributed by atoms with E-state index in [0.717, 1.165) is 5.56 Å². The van der Waals surface area contributed by atoms with E-state index in [1.54, 1.807) is 18.2 Å². The molecule has 0 saturated heterocycles. The molecule has 0 fully saturated rings. The Labute approximate surface area is 106 Å². The van der Waals surface area contributed by atoms with Crippen molar-refractivity contribution in [2.75, 3.05) is 13.2 Å². The molecule has 0 radical (unpaired) electrons. The van der Waals surface area contributed by atoms with Crippen molar-refractivity contribution in [3.8, 4) is 5.75 Å². The molecule has 0 amide bonds. The first-order chi connectivity index (χ1) is 8.54. The highest BCUT2D eigenvalue weighted by Crippen LogP contribution is 2.20. The van der Waals surface area contributed by atoms with Gasteiger partial charge in [0.05, 0.1) is 13.2 Å². The maximum absolute atomic E-state index is 11.3. The Balaban J connectivity index is 2.85. The Hall–Kier alpha value is -1.88. The van der Waals surface area contributed by atoms with E-state index >= 15 is 0 Å². The van der Waals surface area contributed by atoms with E-state index in [1.807, 2.05) is 6.92 Å². The van der Waals surface area contributed by atoms with Gasteiger partial charge in [-0.25, -0.2) is 0 Å². The molecule has 5 heteroatoms. The number of carbonyl (C=O) groups excluding carboxylic acids is 1. The number of hydrogen-bond donors (Lipinski definition) is 2. The van der Waals surface area contributed by atoms with Crippen molar-refractivity contribution in [3.05, 3.63) is 29.3 Å². The van der Waals surface area contributed by atoms with Gasteiger partial charge >= 0.3 is 5.97 Å². The van der Waals surface area contributed by atoms with Gasteiger partial charge in [0.15, 0.2) is 5.78 Å². The summed E-state index contributed by atoms with van der Waals surface area (Å²) in [6.45, 7) is 4.10. The highest BCUT2D eigenvalue weighted by Gasteiger charge is 2.08. The van der Waals surface area contributed by atoms with E-state index < -0.39 is 5.97 Å². The molecule has 1 aromatic rings. The van der Waals surface area contributed by atoms with Gasteiger partial charge in [0.2, 0.25) is 0 Å². The number of carboxylic acids is 1. The maximum Gasteiger partial charge on any atom is 0.317 e. The Morgan fingerprint density at radius 3 is 2.67 bits per heavy atom. The maximum atomic E-state index is 11.3. The van der Waals surface area contributed by atoms with Crippen molar-refractivity contribution < 1.29 is 19.4 Å². The molecule has 1 aromatic carbocycles. The second-order valence-corrected chi connectivity index (χ2v) is 3.81. The molecule has 0 aliphatic carbocycles. The number of carbonyl (C=O) groups is 2. The molecule has 18 heavy (non-hydrogen) atoms. The summed E-state index contributed by atoms with van der Waals surface area (Å²) in [6.07, 6.45) is 0. The Morgan fingerprint density at radius 2 is 2.11 bits per heavy atom. The number of benzene rings is 1. The summed E-state index contributed by atoms with van der Waals surface area (Å²) in [6, 6.07) is 5.16. The first-order valence-corrected chi connectivity index (χ1v) is 5.73. The first kappa shape index (κ1) is 14.2. The summed E-state index contributed by atoms with van der Waals surface area (Å²) in [7, 11) is 0. The molecule has 0 aliphatic heterocycles. The second kappa shape index (κ2) is 6.76. The van der Waals surface area contributed by atoms with Crippen LogP contribution in [0.1, 0.15) is 29.8 Å². The van der Waals surface area contributed by atoms with Crippen LogP contribution in [0.25, 0.3) is 0 Å². The van der Waals surface area contributed by atoms with Crippen molar-refractivity contribution >= 4 is 11.8 Å². The minimum absolute atomic E-state index is 0.0301. The SMILES string of the molecule is CCOc1ccc(C(C)=O)cc1CNCC(=O)O. The molecule has 0 aromatic heterocycles. The monoisotopic (exact) mass is 251 g/mol. The zero-order valence-electron chi connectivity index (χ0n) is 10.5. The highest BCUT2D eigenvalue weighted by atomic mass is 16.5. The summed E-state index contributed by atoms with van der Waals surface area (Å²) in [5.41, 5.74) is 1.37. The standard InChI is InChI=1S/C13H17NO4/c1-3-18-12-5-4-10(9(2)15)6-11(12)7-14-8-13(16)17/h4-6,14H,3,7-8H2,1-2H3,(H,16,17). The molecule has 0 aliphatic rings. The van der Waals surface area contributed by atoms with E-state index in [2.05, 4.69) is 5.32 Å². The lowest BCUT2D eigenvalue weighted by atomic mass is 10.1. The third-order valence-corrected chi connectivity index (χ3v) is 2.36. The fourth-order valence-corrected chi connectivity index (χ4v) is 1.54. The van der Waals surface area contributed by atoms with E-state index in [4.69, 9.17) is 9.84 Å². The second-order valence-electron chi connectivity index (χ2n) is 3.81. The molecular weight excluding hydrogens is 234 g/mol. The van der Waals surface area contributed by atoms with Crippen molar-refractivity contribution in [2.45, 2.75) is 20.4 Å². The molecular formula is C13H17NO4. The van der Waals surface area contributed by atoms with Crippen LogP contribution >= 0.6 is 0 Å². The molecule has 0 bridgehead atoms. The van der Waals surface area contributed by atoms with Gasteiger partial charge in [0, 0.05) is 17.7 Å². The number of carboxylic acid groups (broad SMARTS) is 1. The number of hydrogen-bond acceptors (Lipinski definition) is 4. The summed E-state index contributed by atoms with van der Waals surface area (Å²) >= 11 is 0. The largest absolute Gasteiger partial charge is 0.494 e. The molecule has 1 rings (SSSR count). The van der Waals surface area contributed by atoms with Gasteiger partial charge in [0.1, 0.15) is 5.75 Å². The minimum Gasteiger partial charge on any atom is -0.494 e. The normalized spacial score (nSPS) is 10.1. The van der Waals surface area contributed by atoms with Gasteiger partial charge < -0.3 is 15.2 Å². The number of ketones is 1. The molecule has 0 heterocycles. The van der Waals surface area contributed by atoms with Crippen LogP contribution in [0.2, 0.25) is 0 Å². The third-order valence-electron chi connectivity index (χ3n) is 2.36.